The lowest BCUT2D eigenvalue weighted by atomic mass is 10.2. The fourth-order valence-electron chi connectivity index (χ4n) is 1.91. The molecule has 1 amide bonds. The zero-order valence-corrected chi connectivity index (χ0v) is 14.6. The van der Waals surface area contributed by atoms with E-state index in [4.69, 9.17) is 14.2 Å². The SMILES string of the molecule is C[C@@H](CNC(=O)OC(C)(C)C)Oc1cc(COC2CC2)nn1C. The minimum Gasteiger partial charge on any atom is -0.473 e. The van der Waals surface area contributed by atoms with Gasteiger partial charge in [0.15, 0.2) is 0 Å². The molecule has 1 aliphatic carbocycles. The van der Waals surface area contributed by atoms with Crippen molar-refractivity contribution in [1.29, 1.82) is 0 Å². The average molecular weight is 325 g/mol. The Balaban J connectivity index is 1.75. The van der Waals surface area contributed by atoms with Gasteiger partial charge in [0.05, 0.1) is 24.9 Å². The number of hydrogen-bond donors (Lipinski definition) is 1. The maximum Gasteiger partial charge on any atom is 0.407 e. The lowest BCUT2D eigenvalue weighted by Gasteiger charge is -2.21. The van der Waals surface area contributed by atoms with Crippen LogP contribution in [0.25, 0.3) is 0 Å². The predicted molar refractivity (Wildman–Crippen MR) is 85.3 cm³/mol. The summed E-state index contributed by atoms with van der Waals surface area (Å²) < 4.78 is 18.3. The molecule has 0 aromatic carbocycles. The van der Waals surface area contributed by atoms with Gasteiger partial charge in [-0.05, 0) is 40.5 Å². The van der Waals surface area contributed by atoms with Gasteiger partial charge in [0.1, 0.15) is 11.7 Å². The van der Waals surface area contributed by atoms with E-state index in [9.17, 15) is 4.79 Å². The molecular formula is C16H27N3O4. The molecule has 1 fully saturated rings. The van der Waals surface area contributed by atoms with E-state index in [0.29, 0.717) is 25.1 Å². The molecule has 130 valence electrons. The standard InChI is InChI=1S/C16H27N3O4/c1-11(9-17-15(20)23-16(2,3)4)22-14-8-12(18-19(14)5)10-21-13-6-7-13/h8,11,13H,6-7,9-10H2,1-5H3,(H,17,20)/t11-/m0/s1. The number of amides is 1. The van der Waals surface area contributed by atoms with Crippen LogP contribution in [-0.2, 0) is 23.1 Å². The van der Waals surface area contributed by atoms with Crippen LogP contribution in [0.15, 0.2) is 6.07 Å². The van der Waals surface area contributed by atoms with Crippen LogP contribution in [0, 0.1) is 0 Å². The summed E-state index contributed by atoms with van der Waals surface area (Å²) in [4.78, 5) is 11.6. The lowest BCUT2D eigenvalue weighted by molar-refractivity contribution is 0.0503. The summed E-state index contributed by atoms with van der Waals surface area (Å²) in [6.45, 7) is 8.22. The fraction of sp³-hybridized carbons (Fsp3) is 0.750. The number of carbonyl (C=O) groups is 1. The monoisotopic (exact) mass is 325 g/mol. The van der Waals surface area contributed by atoms with E-state index < -0.39 is 11.7 Å². The van der Waals surface area contributed by atoms with Crippen molar-refractivity contribution >= 4 is 6.09 Å². The zero-order chi connectivity index (χ0) is 17.0. The first-order valence-corrected chi connectivity index (χ1v) is 8.01. The number of nitrogens with zero attached hydrogens (tertiary/aromatic N) is 2. The first-order valence-electron chi connectivity index (χ1n) is 8.01. The van der Waals surface area contributed by atoms with Crippen molar-refractivity contribution in [2.24, 2.45) is 7.05 Å². The number of aromatic nitrogens is 2. The van der Waals surface area contributed by atoms with Gasteiger partial charge in [0.2, 0.25) is 5.88 Å². The Hall–Kier alpha value is -1.76. The number of hydrogen-bond acceptors (Lipinski definition) is 5. The molecule has 0 unspecified atom stereocenters. The Bertz CT molecular complexity index is 532. The number of nitrogens with one attached hydrogen (secondary N) is 1. The Morgan fingerprint density at radius 2 is 2.17 bits per heavy atom. The van der Waals surface area contributed by atoms with E-state index in [1.807, 2.05) is 40.8 Å². The highest BCUT2D eigenvalue weighted by Gasteiger charge is 2.23. The molecule has 0 radical (unpaired) electrons. The second-order valence-electron chi connectivity index (χ2n) is 6.92. The smallest absolute Gasteiger partial charge is 0.407 e. The van der Waals surface area contributed by atoms with Gasteiger partial charge in [0, 0.05) is 13.1 Å². The molecule has 1 N–H and O–H groups in total. The van der Waals surface area contributed by atoms with E-state index in [2.05, 4.69) is 10.4 Å². The molecule has 1 atom stereocenters. The molecule has 1 aromatic heterocycles. The second kappa shape index (κ2) is 7.21. The van der Waals surface area contributed by atoms with E-state index in [-0.39, 0.29) is 6.10 Å². The number of ether oxygens (including phenoxy) is 3. The summed E-state index contributed by atoms with van der Waals surface area (Å²) in [6, 6.07) is 1.87. The number of aryl methyl sites for hydroxylation is 1. The maximum absolute atomic E-state index is 11.6. The normalized spacial score (nSPS) is 16.0. The summed E-state index contributed by atoms with van der Waals surface area (Å²) in [7, 11) is 1.82. The van der Waals surface area contributed by atoms with Crippen molar-refractivity contribution in [3.8, 4) is 5.88 Å². The third kappa shape index (κ3) is 6.48. The number of rotatable bonds is 7. The molecule has 1 heterocycles. The summed E-state index contributed by atoms with van der Waals surface area (Å²) >= 11 is 0. The second-order valence-corrected chi connectivity index (χ2v) is 6.92. The fourth-order valence-corrected chi connectivity index (χ4v) is 1.91. The van der Waals surface area contributed by atoms with Crippen LogP contribution in [0.4, 0.5) is 4.79 Å². The van der Waals surface area contributed by atoms with Crippen LogP contribution in [0.1, 0.15) is 46.2 Å². The summed E-state index contributed by atoms with van der Waals surface area (Å²) in [5.74, 6) is 0.651. The Labute approximate surface area is 137 Å². The van der Waals surface area contributed by atoms with Crippen molar-refractivity contribution in [3.05, 3.63) is 11.8 Å². The van der Waals surface area contributed by atoms with E-state index >= 15 is 0 Å². The van der Waals surface area contributed by atoms with Gasteiger partial charge in [-0.3, -0.25) is 0 Å². The van der Waals surface area contributed by atoms with E-state index in [1.54, 1.807) is 4.68 Å². The van der Waals surface area contributed by atoms with Crippen molar-refractivity contribution in [3.63, 3.8) is 0 Å². The van der Waals surface area contributed by atoms with Crippen molar-refractivity contribution in [1.82, 2.24) is 15.1 Å². The minimum atomic E-state index is -0.507. The average Bonchev–Trinajstić information content (AvgIpc) is 3.18. The Morgan fingerprint density at radius 1 is 1.48 bits per heavy atom. The predicted octanol–water partition coefficient (Wildman–Crippen LogP) is 2.39. The summed E-state index contributed by atoms with van der Waals surface area (Å²) in [5, 5.41) is 7.06. The topological polar surface area (TPSA) is 74.6 Å². The van der Waals surface area contributed by atoms with Crippen LogP contribution < -0.4 is 10.1 Å². The molecule has 0 bridgehead atoms. The quantitative estimate of drug-likeness (QED) is 0.833. The molecule has 23 heavy (non-hydrogen) atoms. The highest BCUT2D eigenvalue weighted by Crippen LogP contribution is 2.25. The first kappa shape index (κ1) is 17.6. The number of carbonyl (C=O) groups excluding carboxylic acids is 1. The number of alkyl carbamates (subject to hydrolysis) is 1. The molecular weight excluding hydrogens is 298 g/mol. The van der Waals surface area contributed by atoms with Crippen LogP contribution in [-0.4, -0.2) is 40.2 Å². The molecule has 0 aliphatic heterocycles. The first-order chi connectivity index (χ1) is 10.7. The van der Waals surface area contributed by atoms with Crippen molar-refractivity contribution < 1.29 is 19.0 Å². The van der Waals surface area contributed by atoms with Crippen LogP contribution in [0.5, 0.6) is 5.88 Å². The van der Waals surface area contributed by atoms with E-state index in [1.165, 1.54) is 0 Å². The largest absolute Gasteiger partial charge is 0.473 e. The molecule has 1 aliphatic rings. The van der Waals surface area contributed by atoms with Gasteiger partial charge in [-0.2, -0.15) is 5.10 Å². The van der Waals surface area contributed by atoms with Crippen LogP contribution in [0.3, 0.4) is 0 Å². The highest BCUT2D eigenvalue weighted by molar-refractivity contribution is 5.67. The van der Waals surface area contributed by atoms with Crippen molar-refractivity contribution in [2.45, 2.75) is 65.0 Å². The van der Waals surface area contributed by atoms with Gasteiger partial charge < -0.3 is 19.5 Å². The zero-order valence-electron chi connectivity index (χ0n) is 14.6. The van der Waals surface area contributed by atoms with Gasteiger partial charge in [-0.25, -0.2) is 9.48 Å². The van der Waals surface area contributed by atoms with Crippen molar-refractivity contribution in [2.75, 3.05) is 6.54 Å². The van der Waals surface area contributed by atoms with Crippen LogP contribution in [0.2, 0.25) is 0 Å². The third-order valence-corrected chi connectivity index (χ3v) is 3.13. The molecule has 0 spiro atoms. The third-order valence-electron chi connectivity index (χ3n) is 3.13. The van der Waals surface area contributed by atoms with Gasteiger partial charge in [-0.15, -0.1) is 0 Å². The van der Waals surface area contributed by atoms with Crippen LogP contribution >= 0.6 is 0 Å². The lowest BCUT2D eigenvalue weighted by Crippen LogP contribution is -2.37. The van der Waals surface area contributed by atoms with E-state index in [0.717, 1.165) is 18.5 Å². The van der Waals surface area contributed by atoms with Gasteiger partial charge >= 0.3 is 6.09 Å². The molecule has 1 saturated carbocycles. The molecule has 0 saturated heterocycles. The molecule has 7 nitrogen and oxygen atoms in total. The van der Waals surface area contributed by atoms with Gasteiger partial charge in [-0.1, -0.05) is 0 Å². The highest BCUT2D eigenvalue weighted by atomic mass is 16.6. The minimum absolute atomic E-state index is 0.199. The summed E-state index contributed by atoms with van der Waals surface area (Å²) in [6.07, 6.45) is 2.04. The Kier molecular flexibility index (Phi) is 5.51. The summed E-state index contributed by atoms with van der Waals surface area (Å²) in [5.41, 5.74) is 0.342. The molecule has 7 heteroatoms. The van der Waals surface area contributed by atoms with Gasteiger partial charge in [0.25, 0.3) is 0 Å². The Morgan fingerprint density at radius 3 is 2.78 bits per heavy atom. The molecule has 1 aromatic rings. The maximum atomic E-state index is 11.6. The molecule has 2 rings (SSSR count).